The highest BCUT2D eigenvalue weighted by atomic mass is 16.2. The molecule has 2 N–H and O–H groups in total. The maximum atomic E-state index is 11.7. The fraction of sp³-hybridized carbons (Fsp3) is 0.727. The lowest BCUT2D eigenvalue weighted by Gasteiger charge is -2.34. The molecule has 0 aromatic carbocycles. The second kappa shape index (κ2) is 4.13. The number of carbonyl (C=O) groups excluding carboxylic acids is 1. The normalized spacial score (nSPS) is 31.5. The Bertz CT molecular complexity index is 236. The molecule has 0 aromatic rings. The Morgan fingerprint density at radius 1 is 1.21 bits per heavy atom. The molecule has 0 aromatic heterocycles. The van der Waals surface area contributed by atoms with E-state index in [4.69, 9.17) is 0 Å². The summed E-state index contributed by atoms with van der Waals surface area (Å²) in [5.74, 6) is 0.512. The first-order valence-corrected chi connectivity index (χ1v) is 5.42. The van der Waals surface area contributed by atoms with E-state index in [1.165, 1.54) is 0 Å². The lowest BCUT2D eigenvalue weighted by molar-refractivity contribution is -0.128. The lowest BCUT2D eigenvalue weighted by Crippen LogP contribution is -2.48. The highest BCUT2D eigenvalue weighted by Crippen LogP contribution is 2.27. The average molecular weight is 194 g/mol. The number of nitrogens with one attached hydrogen (secondary N) is 2. The summed E-state index contributed by atoms with van der Waals surface area (Å²) >= 11 is 0. The van der Waals surface area contributed by atoms with Crippen molar-refractivity contribution in [3.05, 3.63) is 12.2 Å². The van der Waals surface area contributed by atoms with Gasteiger partial charge in [-0.3, -0.25) is 4.79 Å². The molecule has 14 heavy (non-hydrogen) atoms. The van der Waals surface area contributed by atoms with Gasteiger partial charge < -0.3 is 10.6 Å². The van der Waals surface area contributed by atoms with Crippen molar-refractivity contribution < 1.29 is 4.79 Å². The molecule has 0 spiro atoms. The molecule has 0 unspecified atom stereocenters. The molecule has 0 bridgehead atoms. The zero-order chi connectivity index (χ0) is 9.97. The van der Waals surface area contributed by atoms with Crippen LogP contribution in [0.1, 0.15) is 25.7 Å². The second-order valence-corrected chi connectivity index (χ2v) is 4.30. The summed E-state index contributed by atoms with van der Waals surface area (Å²) in [6.45, 7) is 0. The van der Waals surface area contributed by atoms with Crippen molar-refractivity contribution >= 4 is 5.91 Å². The van der Waals surface area contributed by atoms with Crippen molar-refractivity contribution in [2.45, 2.75) is 37.8 Å². The van der Waals surface area contributed by atoms with E-state index in [1.54, 1.807) is 0 Å². The van der Waals surface area contributed by atoms with Crippen LogP contribution in [-0.2, 0) is 4.79 Å². The van der Waals surface area contributed by atoms with Crippen molar-refractivity contribution in [3.8, 4) is 0 Å². The van der Waals surface area contributed by atoms with E-state index in [0.717, 1.165) is 25.7 Å². The Balaban J connectivity index is 1.69. The molecule has 2 aliphatic carbocycles. The number of carbonyl (C=O) groups is 1. The monoisotopic (exact) mass is 194 g/mol. The van der Waals surface area contributed by atoms with Crippen LogP contribution in [0.25, 0.3) is 0 Å². The fourth-order valence-corrected chi connectivity index (χ4v) is 2.12. The lowest BCUT2D eigenvalue weighted by atomic mass is 9.79. The van der Waals surface area contributed by atoms with Crippen molar-refractivity contribution in [1.82, 2.24) is 10.6 Å². The molecule has 0 heterocycles. The molecular formula is C11H18N2O. The van der Waals surface area contributed by atoms with E-state index in [-0.39, 0.29) is 11.8 Å². The molecule has 3 nitrogen and oxygen atoms in total. The molecule has 2 rings (SSSR count). The van der Waals surface area contributed by atoms with Gasteiger partial charge in [-0.25, -0.2) is 0 Å². The van der Waals surface area contributed by atoms with E-state index in [2.05, 4.69) is 22.8 Å². The summed E-state index contributed by atoms with van der Waals surface area (Å²) in [7, 11) is 1.96. The zero-order valence-electron chi connectivity index (χ0n) is 8.62. The Hall–Kier alpha value is -0.830. The van der Waals surface area contributed by atoms with Gasteiger partial charge in [-0.2, -0.15) is 0 Å². The maximum Gasteiger partial charge on any atom is 0.223 e. The first kappa shape index (κ1) is 9.71. The Kier molecular flexibility index (Phi) is 2.87. The minimum absolute atomic E-state index is 0.255. The second-order valence-electron chi connectivity index (χ2n) is 4.30. The summed E-state index contributed by atoms with van der Waals surface area (Å²) in [4.78, 5) is 11.7. The van der Waals surface area contributed by atoms with Gasteiger partial charge in [0, 0.05) is 18.0 Å². The number of hydrogen-bond acceptors (Lipinski definition) is 2. The van der Waals surface area contributed by atoms with Gasteiger partial charge in [-0.1, -0.05) is 12.2 Å². The summed E-state index contributed by atoms with van der Waals surface area (Å²) in [6.07, 6.45) is 8.30. The molecule has 0 saturated heterocycles. The minimum atomic E-state index is 0.255. The molecule has 1 saturated carbocycles. The molecule has 1 amide bonds. The van der Waals surface area contributed by atoms with Gasteiger partial charge in [0.2, 0.25) is 5.91 Å². The van der Waals surface area contributed by atoms with Gasteiger partial charge in [-0.15, -0.1) is 0 Å². The predicted molar refractivity (Wildman–Crippen MR) is 55.9 cm³/mol. The fourth-order valence-electron chi connectivity index (χ4n) is 2.12. The van der Waals surface area contributed by atoms with Crippen LogP contribution in [0.4, 0.5) is 0 Å². The highest BCUT2D eigenvalue weighted by Gasteiger charge is 2.34. The topological polar surface area (TPSA) is 41.1 Å². The minimum Gasteiger partial charge on any atom is -0.353 e. The van der Waals surface area contributed by atoms with Crippen LogP contribution in [0.3, 0.4) is 0 Å². The van der Waals surface area contributed by atoms with Gasteiger partial charge in [0.25, 0.3) is 0 Å². The van der Waals surface area contributed by atoms with Crippen LogP contribution in [0, 0.1) is 5.92 Å². The summed E-state index contributed by atoms with van der Waals surface area (Å²) in [5.41, 5.74) is 0. The first-order chi connectivity index (χ1) is 6.79. The van der Waals surface area contributed by atoms with E-state index in [0.29, 0.717) is 12.1 Å². The molecule has 0 radical (unpaired) electrons. The van der Waals surface area contributed by atoms with E-state index in [9.17, 15) is 4.79 Å². The standard InChI is InChI=1S/C11H18N2O/c1-12-10-6-8(7-10)11(14)13-9-4-2-3-5-9/h2-3,8-10,12H,4-7H2,1H3,(H,13,14). The van der Waals surface area contributed by atoms with Crippen molar-refractivity contribution in [2.75, 3.05) is 7.05 Å². The van der Waals surface area contributed by atoms with Gasteiger partial charge in [0.15, 0.2) is 0 Å². The Morgan fingerprint density at radius 3 is 2.43 bits per heavy atom. The largest absolute Gasteiger partial charge is 0.353 e. The summed E-state index contributed by atoms with van der Waals surface area (Å²) < 4.78 is 0. The van der Waals surface area contributed by atoms with Crippen LogP contribution in [0.5, 0.6) is 0 Å². The summed E-state index contributed by atoms with van der Waals surface area (Å²) in [5, 5.41) is 6.28. The predicted octanol–water partition coefficient (Wildman–Crippen LogP) is 0.819. The zero-order valence-corrected chi connectivity index (χ0v) is 8.62. The third-order valence-electron chi connectivity index (χ3n) is 3.27. The SMILES string of the molecule is CNC1CC(C(=O)NC2CC=CC2)C1. The maximum absolute atomic E-state index is 11.7. The van der Waals surface area contributed by atoms with Crippen molar-refractivity contribution in [2.24, 2.45) is 5.92 Å². The van der Waals surface area contributed by atoms with Crippen LogP contribution in [0.15, 0.2) is 12.2 Å². The average Bonchev–Trinajstić information content (AvgIpc) is 2.54. The Morgan fingerprint density at radius 2 is 1.86 bits per heavy atom. The van der Waals surface area contributed by atoms with Crippen LogP contribution in [0.2, 0.25) is 0 Å². The third kappa shape index (κ3) is 1.98. The number of amides is 1. The van der Waals surface area contributed by atoms with Gasteiger partial charge in [0.05, 0.1) is 0 Å². The quantitative estimate of drug-likeness (QED) is 0.653. The van der Waals surface area contributed by atoms with Crippen LogP contribution in [-0.4, -0.2) is 25.0 Å². The third-order valence-corrected chi connectivity index (χ3v) is 3.27. The smallest absolute Gasteiger partial charge is 0.223 e. The van der Waals surface area contributed by atoms with Gasteiger partial charge in [0.1, 0.15) is 0 Å². The van der Waals surface area contributed by atoms with E-state index in [1.807, 2.05) is 7.05 Å². The first-order valence-electron chi connectivity index (χ1n) is 5.42. The molecule has 0 atom stereocenters. The van der Waals surface area contributed by atoms with Gasteiger partial charge >= 0.3 is 0 Å². The summed E-state index contributed by atoms with van der Waals surface area (Å²) in [6, 6.07) is 0.934. The van der Waals surface area contributed by atoms with Crippen LogP contribution >= 0.6 is 0 Å². The van der Waals surface area contributed by atoms with E-state index >= 15 is 0 Å². The number of hydrogen-bond donors (Lipinski definition) is 2. The molecule has 78 valence electrons. The molecule has 0 aliphatic heterocycles. The Labute approximate surface area is 84.9 Å². The molecule has 2 aliphatic rings. The molecule has 1 fully saturated rings. The molecular weight excluding hydrogens is 176 g/mol. The number of rotatable bonds is 3. The van der Waals surface area contributed by atoms with Gasteiger partial charge in [-0.05, 0) is 32.7 Å². The molecule has 3 heteroatoms. The van der Waals surface area contributed by atoms with Crippen molar-refractivity contribution in [1.29, 1.82) is 0 Å². The van der Waals surface area contributed by atoms with E-state index < -0.39 is 0 Å². The highest BCUT2D eigenvalue weighted by molar-refractivity contribution is 5.80. The van der Waals surface area contributed by atoms with Crippen molar-refractivity contribution in [3.63, 3.8) is 0 Å². The van der Waals surface area contributed by atoms with Crippen LogP contribution < -0.4 is 10.6 Å².